The van der Waals surface area contributed by atoms with Crippen LogP contribution < -0.4 is 10.6 Å². The van der Waals surface area contributed by atoms with Crippen molar-refractivity contribution in [2.24, 2.45) is 4.99 Å². The summed E-state index contributed by atoms with van der Waals surface area (Å²) in [5.74, 6) is 0.493. The Morgan fingerprint density at radius 1 is 1.24 bits per heavy atom. The maximum atomic E-state index is 12.7. The van der Waals surface area contributed by atoms with Crippen LogP contribution in [0, 0.1) is 0 Å². The molecule has 0 radical (unpaired) electrons. The highest BCUT2D eigenvalue weighted by molar-refractivity contribution is 14.0. The number of aliphatic imine (C=N–C) groups is 1. The highest BCUT2D eigenvalue weighted by Gasteiger charge is 2.50. The van der Waals surface area contributed by atoms with E-state index in [9.17, 15) is 26.7 Å². The second kappa shape index (κ2) is 11.3. The largest absolute Gasteiger partial charge is 0.511 e. The van der Waals surface area contributed by atoms with E-state index in [1.807, 2.05) is 31.2 Å². The summed E-state index contributed by atoms with van der Waals surface area (Å²) in [6.07, 6.45) is 0.486. The lowest BCUT2D eigenvalue weighted by atomic mass is 10.1. The standard InChI is InChI=1S/C17H25F3N4O3S.HI/c1-2-21-16(22-11-13-5-3-4-6-14(13)12-25)23-15-7-9-24(10-8-15)28(26,27)17(18,19)20;/h3-6,15,25H,2,7-12H2,1H3,(H2,21,22,23);1H. The van der Waals surface area contributed by atoms with E-state index in [-0.39, 0.29) is 62.6 Å². The quantitative estimate of drug-likeness (QED) is 0.287. The van der Waals surface area contributed by atoms with Gasteiger partial charge < -0.3 is 15.7 Å². The van der Waals surface area contributed by atoms with E-state index >= 15 is 0 Å². The topological polar surface area (TPSA) is 94.0 Å². The minimum Gasteiger partial charge on any atom is -0.392 e. The molecule has 0 aliphatic carbocycles. The Bertz CT molecular complexity index is 782. The predicted octanol–water partition coefficient (Wildman–Crippen LogP) is 2.17. The average molecular weight is 550 g/mol. The molecule has 12 heteroatoms. The van der Waals surface area contributed by atoms with Gasteiger partial charge in [0.1, 0.15) is 0 Å². The fraction of sp³-hybridized carbons (Fsp3) is 0.588. The normalized spacial score (nSPS) is 16.9. The number of nitrogens with one attached hydrogen (secondary N) is 2. The van der Waals surface area contributed by atoms with E-state index < -0.39 is 15.5 Å². The highest BCUT2D eigenvalue weighted by Crippen LogP contribution is 2.28. The Hall–Kier alpha value is -1.12. The van der Waals surface area contributed by atoms with Gasteiger partial charge in [-0.1, -0.05) is 24.3 Å². The van der Waals surface area contributed by atoms with Gasteiger partial charge in [0.15, 0.2) is 5.96 Å². The van der Waals surface area contributed by atoms with Gasteiger partial charge >= 0.3 is 15.5 Å². The van der Waals surface area contributed by atoms with Gasteiger partial charge in [-0.2, -0.15) is 17.5 Å². The van der Waals surface area contributed by atoms with Crippen LogP contribution in [-0.4, -0.2) is 55.0 Å². The molecule has 1 aromatic carbocycles. The molecule has 1 aliphatic heterocycles. The van der Waals surface area contributed by atoms with Crippen LogP contribution in [0.15, 0.2) is 29.3 Å². The monoisotopic (exact) mass is 550 g/mol. The van der Waals surface area contributed by atoms with Crippen molar-refractivity contribution in [3.05, 3.63) is 35.4 Å². The number of hydrogen-bond donors (Lipinski definition) is 3. The van der Waals surface area contributed by atoms with Crippen LogP contribution in [0.1, 0.15) is 30.9 Å². The molecule has 1 saturated heterocycles. The van der Waals surface area contributed by atoms with Gasteiger partial charge in [-0.3, -0.25) is 0 Å². The number of aliphatic hydroxyl groups is 1. The number of nitrogens with zero attached hydrogens (tertiary/aromatic N) is 2. The van der Waals surface area contributed by atoms with Gasteiger partial charge in [-0.25, -0.2) is 13.4 Å². The Morgan fingerprint density at radius 2 is 1.83 bits per heavy atom. The number of alkyl halides is 3. The molecule has 1 aromatic rings. The molecule has 1 heterocycles. The molecule has 166 valence electrons. The first kappa shape index (κ1) is 25.9. The zero-order chi connectivity index (χ0) is 20.8. The van der Waals surface area contributed by atoms with Crippen LogP contribution in [0.3, 0.4) is 0 Å². The number of rotatable bonds is 6. The Kier molecular flexibility index (Phi) is 10.1. The van der Waals surface area contributed by atoms with E-state index in [1.54, 1.807) is 0 Å². The van der Waals surface area contributed by atoms with Crippen molar-refractivity contribution in [2.45, 2.75) is 44.5 Å². The molecule has 0 atom stereocenters. The molecule has 1 aliphatic rings. The Morgan fingerprint density at radius 3 is 2.34 bits per heavy atom. The first-order valence-corrected chi connectivity index (χ1v) is 10.4. The second-order valence-corrected chi connectivity index (χ2v) is 8.32. The summed E-state index contributed by atoms with van der Waals surface area (Å²) in [4.78, 5) is 4.46. The van der Waals surface area contributed by atoms with E-state index in [0.29, 0.717) is 23.4 Å². The van der Waals surface area contributed by atoms with Gasteiger partial charge in [0.25, 0.3) is 0 Å². The molecule has 0 amide bonds. The first-order chi connectivity index (χ1) is 13.2. The maximum absolute atomic E-state index is 12.7. The predicted molar refractivity (Wildman–Crippen MR) is 115 cm³/mol. The van der Waals surface area contributed by atoms with Crippen molar-refractivity contribution >= 4 is 40.0 Å². The summed E-state index contributed by atoms with van der Waals surface area (Å²) in [6.45, 7) is 2.31. The molecule has 0 saturated carbocycles. The molecule has 0 spiro atoms. The highest BCUT2D eigenvalue weighted by atomic mass is 127. The minimum absolute atomic E-state index is 0. The smallest absolute Gasteiger partial charge is 0.392 e. The van der Waals surface area contributed by atoms with Crippen molar-refractivity contribution in [2.75, 3.05) is 19.6 Å². The summed E-state index contributed by atoms with van der Waals surface area (Å²) in [5, 5.41) is 15.6. The van der Waals surface area contributed by atoms with Crippen LogP contribution in [0.25, 0.3) is 0 Å². The number of halogens is 4. The Labute approximate surface area is 185 Å². The van der Waals surface area contributed by atoms with Gasteiger partial charge in [0, 0.05) is 25.7 Å². The fourth-order valence-corrected chi connectivity index (χ4v) is 3.91. The second-order valence-electron chi connectivity index (χ2n) is 6.39. The van der Waals surface area contributed by atoms with Gasteiger partial charge in [-0.05, 0) is 30.9 Å². The lowest BCUT2D eigenvalue weighted by molar-refractivity contribution is -0.0494. The number of aliphatic hydroxyl groups excluding tert-OH is 1. The van der Waals surface area contributed by atoms with Gasteiger partial charge in [-0.15, -0.1) is 24.0 Å². The van der Waals surface area contributed by atoms with Crippen LogP contribution >= 0.6 is 24.0 Å². The minimum atomic E-state index is -5.28. The third-order valence-electron chi connectivity index (χ3n) is 4.47. The Balaban J connectivity index is 0.00000420. The van der Waals surface area contributed by atoms with E-state index in [0.717, 1.165) is 11.1 Å². The third-order valence-corrected chi connectivity index (χ3v) is 6.10. The zero-order valence-electron chi connectivity index (χ0n) is 15.9. The summed E-state index contributed by atoms with van der Waals surface area (Å²) in [5.41, 5.74) is -3.63. The van der Waals surface area contributed by atoms with Gasteiger partial charge in [0.2, 0.25) is 0 Å². The number of guanidine groups is 1. The summed E-state index contributed by atoms with van der Waals surface area (Å²) in [6, 6.07) is 7.15. The van der Waals surface area contributed by atoms with Crippen molar-refractivity contribution in [3.63, 3.8) is 0 Å². The number of benzene rings is 1. The van der Waals surface area contributed by atoms with Gasteiger partial charge in [0.05, 0.1) is 13.2 Å². The fourth-order valence-electron chi connectivity index (χ4n) is 2.93. The maximum Gasteiger partial charge on any atom is 0.511 e. The number of hydrogen-bond acceptors (Lipinski definition) is 4. The molecule has 2 rings (SSSR count). The molecule has 7 nitrogen and oxygen atoms in total. The van der Waals surface area contributed by atoms with E-state index in [1.165, 1.54) is 0 Å². The molecular formula is C17H26F3IN4O3S. The van der Waals surface area contributed by atoms with Crippen LogP contribution in [0.4, 0.5) is 13.2 Å². The van der Waals surface area contributed by atoms with Crippen LogP contribution in [0.5, 0.6) is 0 Å². The molecule has 0 aromatic heterocycles. The molecule has 29 heavy (non-hydrogen) atoms. The lowest BCUT2D eigenvalue weighted by Crippen LogP contribution is -2.51. The van der Waals surface area contributed by atoms with Crippen molar-refractivity contribution < 1.29 is 26.7 Å². The van der Waals surface area contributed by atoms with Crippen molar-refractivity contribution in [3.8, 4) is 0 Å². The number of sulfonamides is 1. The number of piperidine rings is 1. The average Bonchev–Trinajstić information content (AvgIpc) is 2.66. The van der Waals surface area contributed by atoms with Crippen LogP contribution in [0.2, 0.25) is 0 Å². The van der Waals surface area contributed by atoms with Crippen LogP contribution in [-0.2, 0) is 23.2 Å². The first-order valence-electron chi connectivity index (χ1n) is 8.98. The third kappa shape index (κ3) is 6.96. The molecule has 0 unspecified atom stereocenters. The van der Waals surface area contributed by atoms with E-state index in [4.69, 9.17) is 0 Å². The summed E-state index contributed by atoms with van der Waals surface area (Å²) < 4.78 is 61.4. The SMILES string of the molecule is CCNC(=NCc1ccccc1CO)NC1CCN(S(=O)(=O)C(F)(F)F)CC1.I. The zero-order valence-corrected chi connectivity index (χ0v) is 19.1. The molecular weight excluding hydrogens is 524 g/mol. The van der Waals surface area contributed by atoms with E-state index in [2.05, 4.69) is 15.6 Å². The summed E-state index contributed by atoms with van der Waals surface area (Å²) in [7, 11) is -5.28. The molecule has 3 N–H and O–H groups in total. The molecule has 1 fully saturated rings. The van der Waals surface area contributed by atoms with Crippen molar-refractivity contribution in [1.29, 1.82) is 0 Å². The molecule has 0 bridgehead atoms. The van der Waals surface area contributed by atoms with Crippen molar-refractivity contribution in [1.82, 2.24) is 14.9 Å². The lowest BCUT2D eigenvalue weighted by Gasteiger charge is -2.32. The summed E-state index contributed by atoms with van der Waals surface area (Å²) >= 11 is 0.